The van der Waals surface area contributed by atoms with Crippen LogP contribution in [-0.2, 0) is 4.79 Å². The molecule has 0 aliphatic carbocycles. The molecule has 1 N–H and O–H groups in total. The molecule has 1 aromatic heterocycles. The molecular weight excluding hydrogens is 342 g/mol. The van der Waals surface area contributed by atoms with Gasteiger partial charge >= 0.3 is 0 Å². The molecule has 0 fully saturated rings. The Balaban J connectivity index is 1.69. The predicted octanol–water partition coefficient (Wildman–Crippen LogP) is 3.03. The van der Waals surface area contributed by atoms with Crippen LogP contribution in [0.2, 0.25) is 5.02 Å². The highest BCUT2D eigenvalue weighted by Crippen LogP contribution is 2.21. The number of carbonyl (C=O) groups is 1. The fourth-order valence-corrected chi connectivity index (χ4v) is 2.37. The van der Waals surface area contributed by atoms with Crippen molar-refractivity contribution >= 4 is 23.2 Å². The van der Waals surface area contributed by atoms with Crippen LogP contribution in [0.1, 0.15) is 12.5 Å². The van der Waals surface area contributed by atoms with Gasteiger partial charge in [0.2, 0.25) is 0 Å². The molecule has 3 aromatic rings. The predicted molar refractivity (Wildman–Crippen MR) is 94.1 cm³/mol. The number of ether oxygens (including phenoxy) is 1. The van der Waals surface area contributed by atoms with E-state index in [-0.39, 0.29) is 5.91 Å². The highest BCUT2D eigenvalue weighted by molar-refractivity contribution is 6.31. The molecule has 0 aliphatic rings. The number of tetrazole rings is 1. The molecule has 25 heavy (non-hydrogen) atoms. The summed E-state index contributed by atoms with van der Waals surface area (Å²) in [6.07, 6.45) is 0.791. The van der Waals surface area contributed by atoms with Gasteiger partial charge in [0.1, 0.15) is 12.1 Å². The normalized spacial score (nSPS) is 11.8. The van der Waals surface area contributed by atoms with Crippen molar-refractivity contribution in [3.05, 3.63) is 59.4 Å². The van der Waals surface area contributed by atoms with Gasteiger partial charge < -0.3 is 10.1 Å². The van der Waals surface area contributed by atoms with E-state index in [1.807, 2.05) is 19.1 Å². The molecule has 0 aliphatic heterocycles. The first-order valence-corrected chi connectivity index (χ1v) is 7.98. The first-order chi connectivity index (χ1) is 12.0. The van der Waals surface area contributed by atoms with Gasteiger partial charge in [-0.15, -0.1) is 5.10 Å². The first-order valence-electron chi connectivity index (χ1n) is 7.60. The first kappa shape index (κ1) is 16.9. The van der Waals surface area contributed by atoms with Crippen LogP contribution in [0.3, 0.4) is 0 Å². The lowest BCUT2D eigenvalue weighted by Gasteiger charge is -2.16. The monoisotopic (exact) mass is 357 g/mol. The number of hydrogen-bond acceptors (Lipinski definition) is 5. The number of nitrogens with zero attached hydrogens (tertiary/aromatic N) is 4. The zero-order valence-electron chi connectivity index (χ0n) is 13.7. The Morgan fingerprint density at radius 1 is 1.28 bits per heavy atom. The Morgan fingerprint density at radius 2 is 2.12 bits per heavy atom. The second-order valence-electron chi connectivity index (χ2n) is 5.46. The van der Waals surface area contributed by atoms with Crippen molar-refractivity contribution < 1.29 is 9.53 Å². The minimum absolute atomic E-state index is 0.266. The van der Waals surface area contributed by atoms with Crippen LogP contribution >= 0.6 is 11.6 Å². The number of rotatable bonds is 5. The van der Waals surface area contributed by atoms with Crippen molar-refractivity contribution in [2.45, 2.75) is 20.0 Å². The summed E-state index contributed by atoms with van der Waals surface area (Å²) in [5, 5.41) is 14.4. The van der Waals surface area contributed by atoms with Crippen LogP contribution in [0.4, 0.5) is 5.69 Å². The number of anilines is 1. The largest absolute Gasteiger partial charge is 0.481 e. The van der Waals surface area contributed by atoms with E-state index in [0.29, 0.717) is 16.5 Å². The van der Waals surface area contributed by atoms with E-state index in [1.54, 1.807) is 37.3 Å². The van der Waals surface area contributed by atoms with Gasteiger partial charge in [0.15, 0.2) is 6.10 Å². The smallest absolute Gasteiger partial charge is 0.265 e. The number of nitrogens with one attached hydrogen (secondary N) is 1. The van der Waals surface area contributed by atoms with E-state index in [0.717, 1.165) is 11.3 Å². The standard InChI is InChI=1S/C17H16ClN5O2/c1-11-6-7-13(18)8-16(11)20-17(24)12(2)25-15-5-3-4-14(9-15)23-10-19-21-22-23/h3-10,12H,1-2H3,(H,20,24)/t12-/m0/s1. The van der Waals surface area contributed by atoms with Crippen LogP contribution in [0.25, 0.3) is 5.69 Å². The number of aromatic nitrogens is 4. The third kappa shape index (κ3) is 4.13. The van der Waals surface area contributed by atoms with Gasteiger partial charge in [-0.2, -0.15) is 0 Å². The summed E-state index contributed by atoms with van der Waals surface area (Å²) in [4.78, 5) is 12.4. The van der Waals surface area contributed by atoms with Crippen molar-refractivity contribution in [2.75, 3.05) is 5.32 Å². The van der Waals surface area contributed by atoms with Crippen molar-refractivity contribution in [2.24, 2.45) is 0 Å². The molecule has 0 radical (unpaired) electrons. The number of carbonyl (C=O) groups excluding carboxylic acids is 1. The average Bonchev–Trinajstić information content (AvgIpc) is 3.13. The summed E-state index contributed by atoms with van der Waals surface area (Å²) in [6.45, 7) is 3.58. The van der Waals surface area contributed by atoms with Crippen LogP contribution in [0.5, 0.6) is 5.75 Å². The van der Waals surface area contributed by atoms with Gasteiger partial charge in [-0.25, -0.2) is 4.68 Å². The maximum absolute atomic E-state index is 12.4. The van der Waals surface area contributed by atoms with Crippen molar-refractivity contribution in [1.82, 2.24) is 20.2 Å². The lowest BCUT2D eigenvalue weighted by atomic mass is 10.2. The Hall–Kier alpha value is -2.93. The summed E-state index contributed by atoms with van der Waals surface area (Å²) in [5.74, 6) is 0.275. The third-order valence-corrected chi connectivity index (χ3v) is 3.81. The van der Waals surface area contributed by atoms with Gasteiger partial charge in [-0.05, 0) is 54.1 Å². The number of aryl methyl sites for hydroxylation is 1. The zero-order chi connectivity index (χ0) is 17.8. The van der Waals surface area contributed by atoms with Crippen molar-refractivity contribution in [3.63, 3.8) is 0 Å². The van der Waals surface area contributed by atoms with E-state index in [9.17, 15) is 4.79 Å². The minimum atomic E-state index is -0.692. The maximum atomic E-state index is 12.4. The molecule has 7 nitrogen and oxygen atoms in total. The highest BCUT2D eigenvalue weighted by Gasteiger charge is 2.16. The van der Waals surface area contributed by atoms with Crippen LogP contribution in [0, 0.1) is 6.92 Å². The molecule has 0 bridgehead atoms. The second kappa shape index (κ2) is 7.31. The third-order valence-electron chi connectivity index (χ3n) is 3.57. The molecular formula is C17H16ClN5O2. The van der Waals surface area contributed by atoms with E-state index in [2.05, 4.69) is 20.8 Å². The van der Waals surface area contributed by atoms with Gasteiger partial charge in [0.25, 0.3) is 5.91 Å². The van der Waals surface area contributed by atoms with Crippen LogP contribution < -0.4 is 10.1 Å². The van der Waals surface area contributed by atoms with Gasteiger partial charge in [0.05, 0.1) is 5.69 Å². The fraction of sp³-hybridized carbons (Fsp3) is 0.176. The molecule has 1 amide bonds. The van der Waals surface area contributed by atoms with E-state index in [4.69, 9.17) is 16.3 Å². The Kier molecular flexibility index (Phi) is 4.95. The van der Waals surface area contributed by atoms with E-state index >= 15 is 0 Å². The molecule has 0 saturated carbocycles. The van der Waals surface area contributed by atoms with E-state index in [1.165, 1.54) is 11.0 Å². The minimum Gasteiger partial charge on any atom is -0.481 e. The molecule has 128 valence electrons. The lowest BCUT2D eigenvalue weighted by molar-refractivity contribution is -0.122. The highest BCUT2D eigenvalue weighted by atomic mass is 35.5. The Morgan fingerprint density at radius 3 is 2.88 bits per heavy atom. The average molecular weight is 358 g/mol. The molecule has 0 spiro atoms. The Bertz CT molecular complexity index is 883. The zero-order valence-corrected chi connectivity index (χ0v) is 14.4. The van der Waals surface area contributed by atoms with Crippen LogP contribution in [0.15, 0.2) is 48.8 Å². The molecule has 1 atom stereocenters. The summed E-state index contributed by atoms with van der Waals surface area (Å²) < 4.78 is 7.24. The van der Waals surface area contributed by atoms with E-state index < -0.39 is 6.10 Å². The molecule has 3 rings (SSSR count). The van der Waals surface area contributed by atoms with Gasteiger partial charge in [0, 0.05) is 16.8 Å². The number of hydrogen-bond donors (Lipinski definition) is 1. The molecule has 2 aromatic carbocycles. The molecule has 8 heteroatoms. The summed E-state index contributed by atoms with van der Waals surface area (Å²) in [6, 6.07) is 12.5. The van der Waals surface area contributed by atoms with Gasteiger partial charge in [-0.1, -0.05) is 23.7 Å². The molecule has 1 heterocycles. The second-order valence-corrected chi connectivity index (χ2v) is 5.90. The fourth-order valence-electron chi connectivity index (χ4n) is 2.20. The topological polar surface area (TPSA) is 81.9 Å². The summed E-state index contributed by atoms with van der Waals surface area (Å²) >= 11 is 5.97. The lowest BCUT2D eigenvalue weighted by Crippen LogP contribution is -2.30. The quantitative estimate of drug-likeness (QED) is 0.759. The maximum Gasteiger partial charge on any atom is 0.265 e. The SMILES string of the molecule is Cc1ccc(Cl)cc1NC(=O)[C@H](C)Oc1cccc(-n2cnnn2)c1. The van der Waals surface area contributed by atoms with Crippen molar-refractivity contribution in [1.29, 1.82) is 0 Å². The Labute approximate surface area is 149 Å². The van der Waals surface area contributed by atoms with Crippen molar-refractivity contribution in [3.8, 4) is 11.4 Å². The number of benzene rings is 2. The molecule has 0 saturated heterocycles. The summed E-state index contributed by atoms with van der Waals surface area (Å²) in [5.41, 5.74) is 2.32. The van der Waals surface area contributed by atoms with Crippen LogP contribution in [-0.4, -0.2) is 32.2 Å². The van der Waals surface area contributed by atoms with Gasteiger partial charge in [-0.3, -0.25) is 4.79 Å². The number of halogens is 1. The molecule has 0 unspecified atom stereocenters. The number of amides is 1. The summed E-state index contributed by atoms with van der Waals surface area (Å²) in [7, 11) is 0.